The molecule has 2 fully saturated rings. The van der Waals surface area contributed by atoms with E-state index in [9.17, 15) is 9.59 Å². The number of nitrogens with one attached hydrogen (secondary N) is 2. The van der Waals surface area contributed by atoms with Crippen LogP contribution in [0, 0.1) is 0 Å². The van der Waals surface area contributed by atoms with Crippen LogP contribution in [-0.2, 0) is 0 Å². The average molecular weight is 331 g/mol. The minimum absolute atomic E-state index is 0.101. The molecule has 1 aromatic heterocycles. The van der Waals surface area contributed by atoms with E-state index in [4.69, 9.17) is 0 Å². The Morgan fingerprint density at radius 2 is 1.17 bits per heavy atom. The smallest absolute Gasteiger partial charge is 0.321 e. The van der Waals surface area contributed by atoms with Gasteiger partial charge in [0.1, 0.15) is 0 Å². The van der Waals surface area contributed by atoms with Crippen molar-refractivity contribution in [2.24, 2.45) is 0 Å². The molecule has 0 unspecified atom stereocenters. The van der Waals surface area contributed by atoms with Crippen molar-refractivity contribution in [3.05, 3.63) is 18.5 Å². The summed E-state index contributed by atoms with van der Waals surface area (Å²) in [5, 5.41) is 5.73. The Kier molecular flexibility index (Phi) is 5.51. The number of carbonyl (C=O) groups excluding carboxylic acids is 2. The fourth-order valence-corrected chi connectivity index (χ4v) is 3.18. The summed E-state index contributed by atoms with van der Waals surface area (Å²) < 4.78 is 0. The molecule has 0 bridgehead atoms. The van der Waals surface area contributed by atoms with E-state index in [2.05, 4.69) is 15.6 Å². The second-order valence-corrected chi connectivity index (χ2v) is 6.42. The molecular formula is C17H25N5O2. The van der Waals surface area contributed by atoms with Crippen LogP contribution in [0.1, 0.15) is 38.5 Å². The van der Waals surface area contributed by atoms with Gasteiger partial charge in [-0.3, -0.25) is 4.98 Å². The Morgan fingerprint density at radius 3 is 1.58 bits per heavy atom. The molecule has 0 saturated carbocycles. The predicted molar refractivity (Wildman–Crippen MR) is 93.1 cm³/mol. The van der Waals surface area contributed by atoms with Gasteiger partial charge in [0.25, 0.3) is 0 Å². The highest BCUT2D eigenvalue weighted by atomic mass is 16.2. The lowest BCUT2D eigenvalue weighted by Gasteiger charge is -2.27. The Balaban J connectivity index is 1.57. The van der Waals surface area contributed by atoms with Gasteiger partial charge in [-0.25, -0.2) is 9.59 Å². The quantitative estimate of drug-likeness (QED) is 0.874. The van der Waals surface area contributed by atoms with Gasteiger partial charge in [0.05, 0.1) is 23.8 Å². The van der Waals surface area contributed by atoms with Gasteiger partial charge in [0.15, 0.2) is 0 Å². The fraction of sp³-hybridized carbons (Fsp3) is 0.588. The van der Waals surface area contributed by atoms with Crippen molar-refractivity contribution in [3.8, 4) is 0 Å². The fourth-order valence-electron chi connectivity index (χ4n) is 3.18. The molecule has 0 radical (unpaired) electrons. The molecule has 3 rings (SSSR count). The SMILES string of the molecule is O=C(Nc1cncc(NC(=O)N2CCCCC2)c1)N1CCCCC1. The second kappa shape index (κ2) is 7.99. The minimum atomic E-state index is -0.101. The summed E-state index contributed by atoms with van der Waals surface area (Å²) in [5.41, 5.74) is 1.20. The molecule has 2 aliphatic heterocycles. The zero-order valence-corrected chi connectivity index (χ0v) is 14.0. The van der Waals surface area contributed by atoms with Crippen LogP contribution in [0.4, 0.5) is 21.0 Å². The van der Waals surface area contributed by atoms with Gasteiger partial charge < -0.3 is 20.4 Å². The first-order chi connectivity index (χ1) is 11.7. The van der Waals surface area contributed by atoms with Gasteiger partial charge in [-0.15, -0.1) is 0 Å². The molecule has 130 valence electrons. The summed E-state index contributed by atoms with van der Waals surface area (Å²) in [7, 11) is 0. The predicted octanol–water partition coefficient (Wildman–Crippen LogP) is 3.12. The van der Waals surface area contributed by atoms with Gasteiger partial charge in [-0.05, 0) is 44.6 Å². The molecule has 0 aromatic carbocycles. The summed E-state index contributed by atoms with van der Waals surface area (Å²) in [4.78, 5) is 32.2. The Hall–Kier alpha value is -2.31. The largest absolute Gasteiger partial charge is 0.325 e. The monoisotopic (exact) mass is 331 g/mol. The van der Waals surface area contributed by atoms with E-state index < -0.39 is 0 Å². The highest BCUT2D eigenvalue weighted by molar-refractivity contribution is 5.92. The topological polar surface area (TPSA) is 77.6 Å². The molecule has 7 nitrogen and oxygen atoms in total. The van der Waals surface area contributed by atoms with E-state index >= 15 is 0 Å². The van der Waals surface area contributed by atoms with Crippen molar-refractivity contribution in [3.63, 3.8) is 0 Å². The maximum atomic E-state index is 12.2. The maximum absolute atomic E-state index is 12.2. The van der Waals surface area contributed by atoms with Gasteiger partial charge in [0.2, 0.25) is 0 Å². The number of hydrogen-bond acceptors (Lipinski definition) is 3. The molecule has 2 N–H and O–H groups in total. The highest BCUT2D eigenvalue weighted by Gasteiger charge is 2.18. The summed E-state index contributed by atoms with van der Waals surface area (Å²) in [5.74, 6) is 0. The molecule has 7 heteroatoms. The van der Waals surface area contributed by atoms with Crippen LogP contribution < -0.4 is 10.6 Å². The standard InChI is InChI=1S/C17H25N5O2/c23-16(21-7-3-1-4-8-21)19-14-11-15(13-18-12-14)20-17(24)22-9-5-2-6-10-22/h11-13H,1-10H2,(H,19,23)(H,20,24). The second-order valence-electron chi connectivity index (χ2n) is 6.42. The van der Waals surface area contributed by atoms with Crippen molar-refractivity contribution < 1.29 is 9.59 Å². The Morgan fingerprint density at radius 1 is 0.750 bits per heavy atom. The normalized spacial score (nSPS) is 18.2. The summed E-state index contributed by atoms with van der Waals surface area (Å²) >= 11 is 0. The molecule has 4 amide bonds. The van der Waals surface area contributed by atoms with E-state index in [1.807, 2.05) is 9.80 Å². The van der Waals surface area contributed by atoms with Crippen molar-refractivity contribution in [1.82, 2.24) is 14.8 Å². The van der Waals surface area contributed by atoms with Gasteiger partial charge in [0, 0.05) is 26.2 Å². The number of rotatable bonds is 2. The molecule has 2 aliphatic rings. The zero-order chi connectivity index (χ0) is 16.8. The molecule has 2 saturated heterocycles. The van der Waals surface area contributed by atoms with Gasteiger partial charge >= 0.3 is 12.1 Å². The van der Waals surface area contributed by atoms with Crippen LogP contribution in [0.2, 0.25) is 0 Å². The van der Waals surface area contributed by atoms with Gasteiger partial charge in [-0.1, -0.05) is 0 Å². The first-order valence-corrected chi connectivity index (χ1v) is 8.79. The number of amides is 4. The highest BCUT2D eigenvalue weighted by Crippen LogP contribution is 2.17. The minimum Gasteiger partial charge on any atom is -0.325 e. The van der Waals surface area contributed by atoms with Crippen LogP contribution in [0.3, 0.4) is 0 Å². The number of likely N-dealkylation sites (tertiary alicyclic amines) is 2. The van der Waals surface area contributed by atoms with E-state index in [0.717, 1.165) is 51.9 Å². The molecule has 0 spiro atoms. The van der Waals surface area contributed by atoms with E-state index in [-0.39, 0.29) is 12.1 Å². The van der Waals surface area contributed by atoms with E-state index in [1.54, 1.807) is 18.5 Å². The maximum Gasteiger partial charge on any atom is 0.321 e. The van der Waals surface area contributed by atoms with Gasteiger partial charge in [-0.2, -0.15) is 0 Å². The zero-order valence-electron chi connectivity index (χ0n) is 14.0. The van der Waals surface area contributed by atoms with Crippen LogP contribution >= 0.6 is 0 Å². The number of anilines is 2. The van der Waals surface area contributed by atoms with E-state index in [0.29, 0.717) is 11.4 Å². The third-order valence-electron chi connectivity index (χ3n) is 4.53. The lowest BCUT2D eigenvalue weighted by atomic mass is 10.1. The number of aromatic nitrogens is 1. The van der Waals surface area contributed by atoms with Crippen molar-refractivity contribution in [2.45, 2.75) is 38.5 Å². The van der Waals surface area contributed by atoms with Crippen LogP contribution in [0.5, 0.6) is 0 Å². The summed E-state index contributed by atoms with van der Waals surface area (Å²) in [6.07, 6.45) is 9.77. The lowest BCUT2D eigenvalue weighted by Crippen LogP contribution is -2.39. The number of pyridine rings is 1. The van der Waals surface area contributed by atoms with Crippen LogP contribution in [0.15, 0.2) is 18.5 Å². The van der Waals surface area contributed by atoms with E-state index in [1.165, 1.54) is 12.8 Å². The van der Waals surface area contributed by atoms with Crippen LogP contribution in [0.25, 0.3) is 0 Å². The average Bonchev–Trinajstić information content (AvgIpc) is 2.63. The molecule has 3 heterocycles. The number of carbonyl (C=O) groups is 2. The molecule has 24 heavy (non-hydrogen) atoms. The first-order valence-electron chi connectivity index (χ1n) is 8.79. The summed E-state index contributed by atoms with van der Waals surface area (Å²) in [6.45, 7) is 3.19. The first kappa shape index (κ1) is 16.5. The molecular weight excluding hydrogens is 306 g/mol. The molecule has 0 aliphatic carbocycles. The number of nitrogens with zero attached hydrogens (tertiary/aromatic N) is 3. The van der Waals surface area contributed by atoms with Crippen molar-refractivity contribution >= 4 is 23.4 Å². The lowest BCUT2D eigenvalue weighted by molar-refractivity contribution is 0.199. The third kappa shape index (κ3) is 4.37. The van der Waals surface area contributed by atoms with Crippen molar-refractivity contribution in [1.29, 1.82) is 0 Å². The Bertz CT molecular complexity index is 533. The molecule has 0 atom stereocenters. The summed E-state index contributed by atoms with van der Waals surface area (Å²) in [6, 6.07) is 1.54. The number of urea groups is 2. The van der Waals surface area contributed by atoms with Crippen molar-refractivity contribution in [2.75, 3.05) is 36.8 Å². The molecule has 1 aromatic rings. The number of piperidine rings is 2. The Labute approximate surface area is 142 Å². The number of hydrogen-bond donors (Lipinski definition) is 2. The third-order valence-corrected chi connectivity index (χ3v) is 4.53. The van der Waals surface area contributed by atoms with Crippen LogP contribution in [-0.4, -0.2) is 53.0 Å².